The average molecular weight is 537 g/mol. The van der Waals surface area contributed by atoms with Crippen molar-refractivity contribution in [1.29, 1.82) is 5.26 Å². The zero-order chi connectivity index (χ0) is 27.9. The Morgan fingerprint density at radius 2 is 1.20 bits per heavy atom. The number of hydrogen-bond donors (Lipinski definition) is 0. The molecule has 9 nitrogen and oxygen atoms in total. The normalized spacial score (nSPS) is 19.8. The number of ether oxygens (including phenoxy) is 4. The van der Waals surface area contributed by atoms with Crippen LogP contribution in [0.25, 0.3) is 0 Å². The van der Waals surface area contributed by atoms with Crippen molar-refractivity contribution in [2.75, 3.05) is 6.61 Å². The molecule has 1 aliphatic rings. The van der Waals surface area contributed by atoms with Crippen molar-refractivity contribution in [1.82, 2.24) is 4.57 Å². The molecule has 1 fully saturated rings. The summed E-state index contributed by atoms with van der Waals surface area (Å²) in [5, 5.41) is 9.65. The highest BCUT2D eigenvalue weighted by Crippen LogP contribution is 2.36. The fourth-order valence-electron chi connectivity index (χ4n) is 4.39. The SMILES string of the molecule is N#Cc1cccn1C1OC(COC(=O)c2ccccc2)C(OC(=O)c2ccccc2)C1OC(=O)c1ccccc1. The Kier molecular flexibility index (Phi) is 7.99. The lowest BCUT2D eigenvalue weighted by Crippen LogP contribution is -2.41. The van der Waals surface area contributed by atoms with Gasteiger partial charge in [-0.05, 0) is 48.5 Å². The van der Waals surface area contributed by atoms with Crippen molar-refractivity contribution in [3.63, 3.8) is 0 Å². The van der Waals surface area contributed by atoms with Gasteiger partial charge in [0.1, 0.15) is 24.5 Å². The van der Waals surface area contributed by atoms with E-state index >= 15 is 0 Å². The van der Waals surface area contributed by atoms with E-state index in [9.17, 15) is 19.6 Å². The highest BCUT2D eigenvalue weighted by molar-refractivity contribution is 5.91. The number of aromatic nitrogens is 1. The molecule has 1 aromatic heterocycles. The minimum Gasteiger partial charge on any atom is -0.459 e. The van der Waals surface area contributed by atoms with Gasteiger partial charge in [-0.15, -0.1) is 0 Å². The molecule has 0 radical (unpaired) electrons. The minimum absolute atomic E-state index is 0.237. The Balaban J connectivity index is 1.47. The summed E-state index contributed by atoms with van der Waals surface area (Å²) >= 11 is 0. The maximum Gasteiger partial charge on any atom is 0.338 e. The first-order valence-corrected chi connectivity index (χ1v) is 12.5. The van der Waals surface area contributed by atoms with E-state index in [0.29, 0.717) is 5.56 Å². The first-order valence-electron chi connectivity index (χ1n) is 12.5. The lowest BCUT2D eigenvalue weighted by Gasteiger charge is -2.25. The van der Waals surface area contributed by atoms with Crippen LogP contribution in [0.5, 0.6) is 0 Å². The van der Waals surface area contributed by atoms with Crippen LogP contribution < -0.4 is 0 Å². The molecule has 3 aromatic carbocycles. The summed E-state index contributed by atoms with van der Waals surface area (Å²) in [5.74, 6) is -1.95. The van der Waals surface area contributed by atoms with Gasteiger partial charge in [-0.25, -0.2) is 14.4 Å². The van der Waals surface area contributed by atoms with E-state index in [1.807, 2.05) is 0 Å². The number of carbonyl (C=O) groups excluding carboxylic acids is 3. The van der Waals surface area contributed by atoms with Crippen molar-refractivity contribution >= 4 is 17.9 Å². The minimum atomic E-state index is -1.18. The monoisotopic (exact) mass is 536 g/mol. The molecule has 2 heterocycles. The van der Waals surface area contributed by atoms with Crippen molar-refractivity contribution < 1.29 is 33.3 Å². The summed E-state index contributed by atoms with van der Waals surface area (Å²) in [7, 11) is 0. The van der Waals surface area contributed by atoms with Crippen LogP contribution in [-0.2, 0) is 18.9 Å². The molecule has 0 spiro atoms. The van der Waals surface area contributed by atoms with Crippen LogP contribution in [0, 0.1) is 11.3 Å². The molecular weight excluding hydrogens is 512 g/mol. The molecule has 200 valence electrons. The Bertz CT molecular complexity index is 1510. The number of esters is 3. The van der Waals surface area contributed by atoms with Crippen molar-refractivity contribution in [2.24, 2.45) is 0 Å². The molecule has 1 aliphatic heterocycles. The molecule has 0 aliphatic carbocycles. The molecule has 0 saturated carbocycles. The number of nitrogens with zero attached hydrogens (tertiary/aromatic N) is 2. The van der Waals surface area contributed by atoms with E-state index in [0.717, 1.165) is 0 Å². The number of nitriles is 1. The largest absolute Gasteiger partial charge is 0.459 e. The van der Waals surface area contributed by atoms with Crippen LogP contribution in [0.3, 0.4) is 0 Å². The fourth-order valence-corrected chi connectivity index (χ4v) is 4.39. The summed E-state index contributed by atoms with van der Waals surface area (Å²) < 4.78 is 25.0. The Labute approximate surface area is 230 Å². The van der Waals surface area contributed by atoms with Gasteiger partial charge < -0.3 is 23.5 Å². The summed E-state index contributed by atoms with van der Waals surface area (Å²) in [5.41, 5.74) is 1.12. The predicted molar refractivity (Wildman–Crippen MR) is 141 cm³/mol. The standard InChI is InChI=1S/C31H24N2O7/c32-19-24-17-10-18-33(24)28-27(40-31(36)23-15-8-3-9-16-23)26(39-30(35)22-13-6-2-7-14-22)25(38-28)20-37-29(34)21-11-4-1-5-12-21/h1-18,25-28H,20H2. The molecule has 1 saturated heterocycles. The summed E-state index contributed by atoms with van der Waals surface area (Å²) in [6.07, 6.45) is -2.83. The molecule has 4 aromatic rings. The van der Waals surface area contributed by atoms with Gasteiger partial charge in [0, 0.05) is 6.20 Å². The molecule has 0 N–H and O–H groups in total. The van der Waals surface area contributed by atoms with Crippen LogP contribution in [0.4, 0.5) is 0 Å². The van der Waals surface area contributed by atoms with Gasteiger partial charge in [-0.2, -0.15) is 5.26 Å². The van der Waals surface area contributed by atoms with Crippen LogP contribution in [0.15, 0.2) is 109 Å². The summed E-state index contributed by atoms with van der Waals surface area (Å²) in [6, 6.07) is 30.3. The number of hydrogen-bond acceptors (Lipinski definition) is 8. The second kappa shape index (κ2) is 12.1. The smallest absolute Gasteiger partial charge is 0.338 e. The second-order valence-corrected chi connectivity index (χ2v) is 8.91. The first-order chi connectivity index (χ1) is 19.5. The topological polar surface area (TPSA) is 117 Å². The third kappa shape index (κ3) is 5.77. The molecule has 0 amide bonds. The van der Waals surface area contributed by atoms with E-state index in [1.165, 1.54) is 4.57 Å². The maximum absolute atomic E-state index is 13.2. The van der Waals surface area contributed by atoms with E-state index in [2.05, 4.69) is 6.07 Å². The van der Waals surface area contributed by atoms with E-state index in [-0.39, 0.29) is 23.4 Å². The summed E-state index contributed by atoms with van der Waals surface area (Å²) in [4.78, 5) is 39.0. The van der Waals surface area contributed by atoms with Crippen LogP contribution in [0.2, 0.25) is 0 Å². The van der Waals surface area contributed by atoms with Gasteiger partial charge in [-0.1, -0.05) is 54.6 Å². The average Bonchev–Trinajstić information content (AvgIpc) is 3.61. The highest BCUT2D eigenvalue weighted by Gasteiger charge is 2.51. The number of carbonyl (C=O) groups is 3. The van der Waals surface area contributed by atoms with Gasteiger partial charge in [0.2, 0.25) is 0 Å². The van der Waals surface area contributed by atoms with Gasteiger partial charge in [0.05, 0.1) is 16.7 Å². The highest BCUT2D eigenvalue weighted by atomic mass is 16.7. The van der Waals surface area contributed by atoms with E-state index < -0.39 is 42.4 Å². The van der Waals surface area contributed by atoms with Crippen LogP contribution >= 0.6 is 0 Å². The van der Waals surface area contributed by atoms with Gasteiger partial charge >= 0.3 is 17.9 Å². The molecule has 9 heteroatoms. The zero-order valence-corrected chi connectivity index (χ0v) is 21.2. The lowest BCUT2D eigenvalue weighted by molar-refractivity contribution is -0.0622. The van der Waals surface area contributed by atoms with Gasteiger partial charge in [0.25, 0.3) is 0 Å². The molecule has 4 unspecified atom stereocenters. The van der Waals surface area contributed by atoms with E-state index in [4.69, 9.17) is 18.9 Å². The maximum atomic E-state index is 13.2. The molecule has 4 atom stereocenters. The lowest BCUT2D eigenvalue weighted by atomic mass is 10.1. The molecular formula is C31H24N2O7. The number of rotatable bonds is 8. The Hall–Kier alpha value is -5.20. The molecule has 40 heavy (non-hydrogen) atoms. The fraction of sp³-hybridized carbons (Fsp3) is 0.161. The van der Waals surface area contributed by atoms with Crippen molar-refractivity contribution in [2.45, 2.75) is 24.5 Å². The van der Waals surface area contributed by atoms with Crippen LogP contribution in [0.1, 0.15) is 43.0 Å². The third-order valence-electron chi connectivity index (χ3n) is 6.35. The van der Waals surface area contributed by atoms with Crippen LogP contribution in [-0.4, -0.2) is 47.4 Å². The second-order valence-electron chi connectivity index (χ2n) is 8.91. The van der Waals surface area contributed by atoms with Gasteiger partial charge in [-0.3, -0.25) is 0 Å². The number of benzene rings is 3. The molecule has 5 rings (SSSR count). The summed E-state index contributed by atoms with van der Waals surface area (Å²) in [6.45, 7) is -0.306. The van der Waals surface area contributed by atoms with Crippen molar-refractivity contribution in [3.05, 3.63) is 132 Å². The first kappa shape index (κ1) is 26.4. The van der Waals surface area contributed by atoms with Crippen molar-refractivity contribution in [3.8, 4) is 6.07 Å². The third-order valence-corrected chi connectivity index (χ3v) is 6.35. The Morgan fingerprint density at radius 3 is 1.73 bits per heavy atom. The predicted octanol–water partition coefficient (Wildman–Crippen LogP) is 4.57. The molecule has 0 bridgehead atoms. The quantitative estimate of drug-likeness (QED) is 0.238. The van der Waals surface area contributed by atoms with Gasteiger partial charge in [0.15, 0.2) is 18.4 Å². The van der Waals surface area contributed by atoms with E-state index in [1.54, 1.807) is 109 Å². The Morgan fingerprint density at radius 1 is 0.700 bits per heavy atom. The zero-order valence-electron chi connectivity index (χ0n) is 21.2.